The van der Waals surface area contributed by atoms with Crippen molar-refractivity contribution in [1.29, 1.82) is 0 Å². The number of benzene rings is 1. The number of hydrogen-bond donors (Lipinski definition) is 0. The Bertz CT molecular complexity index is 637. The standard InChI is InChI=1S/C18H24BrNO4/c1-18(2,3)24-17(22)8-9-20-14-11-15(23-4)13(19)10-12(14)6-5-7-16(20)21/h10-11H,5-9H2,1-4H3. The Kier molecular flexibility index (Phi) is 5.91. The number of rotatable bonds is 4. The van der Waals surface area contributed by atoms with Gasteiger partial charge in [-0.2, -0.15) is 0 Å². The van der Waals surface area contributed by atoms with E-state index >= 15 is 0 Å². The number of carbonyl (C=O) groups excluding carboxylic acids is 2. The van der Waals surface area contributed by atoms with Gasteiger partial charge in [-0.3, -0.25) is 9.59 Å². The molecule has 1 aromatic carbocycles. The van der Waals surface area contributed by atoms with E-state index < -0.39 is 5.60 Å². The molecule has 0 unspecified atom stereocenters. The Morgan fingerprint density at radius 3 is 2.62 bits per heavy atom. The molecule has 0 aromatic heterocycles. The third-order valence-electron chi connectivity index (χ3n) is 3.74. The van der Waals surface area contributed by atoms with E-state index in [0.29, 0.717) is 18.7 Å². The van der Waals surface area contributed by atoms with Crippen LogP contribution in [-0.2, 0) is 20.7 Å². The third-order valence-corrected chi connectivity index (χ3v) is 4.36. The molecule has 0 N–H and O–H groups in total. The van der Waals surface area contributed by atoms with Crippen molar-refractivity contribution in [2.45, 2.75) is 52.1 Å². The van der Waals surface area contributed by atoms with E-state index in [0.717, 1.165) is 28.6 Å². The van der Waals surface area contributed by atoms with Gasteiger partial charge in [0.15, 0.2) is 0 Å². The summed E-state index contributed by atoms with van der Waals surface area (Å²) >= 11 is 3.49. The maximum Gasteiger partial charge on any atom is 0.308 e. The highest BCUT2D eigenvalue weighted by atomic mass is 79.9. The number of carbonyl (C=O) groups is 2. The summed E-state index contributed by atoms with van der Waals surface area (Å²) in [5.74, 6) is 0.401. The van der Waals surface area contributed by atoms with Crippen LogP contribution in [0.25, 0.3) is 0 Å². The Hall–Kier alpha value is -1.56. The van der Waals surface area contributed by atoms with Crippen molar-refractivity contribution in [3.63, 3.8) is 0 Å². The second-order valence-corrected chi connectivity index (χ2v) is 7.71. The van der Waals surface area contributed by atoms with Crippen LogP contribution in [0.2, 0.25) is 0 Å². The molecule has 1 aliphatic rings. The van der Waals surface area contributed by atoms with Gasteiger partial charge in [-0.1, -0.05) is 0 Å². The molecule has 0 spiro atoms. The Labute approximate surface area is 151 Å². The largest absolute Gasteiger partial charge is 0.495 e. The predicted octanol–water partition coefficient (Wildman–Crippen LogP) is 3.86. The van der Waals surface area contributed by atoms with Gasteiger partial charge in [-0.05, 0) is 61.2 Å². The number of hydrogen-bond acceptors (Lipinski definition) is 4. The van der Waals surface area contributed by atoms with E-state index in [4.69, 9.17) is 9.47 Å². The van der Waals surface area contributed by atoms with Crippen molar-refractivity contribution in [2.24, 2.45) is 0 Å². The molecule has 1 aliphatic heterocycles. The minimum Gasteiger partial charge on any atom is -0.495 e. The zero-order valence-electron chi connectivity index (χ0n) is 14.6. The zero-order valence-corrected chi connectivity index (χ0v) is 16.2. The maximum absolute atomic E-state index is 12.5. The second-order valence-electron chi connectivity index (χ2n) is 6.85. The molecule has 0 aliphatic carbocycles. The molecular formula is C18H24BrNO4. The van der Waals surface area contributed by atoms with E-state index in [1.165, 1.54) is 0 Å². The monoisotopic (exact) mass is 397 g/mol. The van der Waals surface area contributed by atoms with Crippen LogP contribution in [0.5, 0.6) is 5.75 Å². The summed E-state index contributed by atoms with van der Waals surface area (Å²) < 4.78 is 11.6. The normalized spacial score (nSPS) is 14.9. The number of halogens is 1. The molecule has 5 nitrogen and oxygen atoms in total. The van der Waals surface area contributed by atoms with E-state index in [1.807, 2.05) is 32.9 Å². The second kappa shape index (κ2) is 7.55. The van der Waals surface area contributed by atoms with Crippen molar-refractivity contribution in [3.05, 3.63) is 22.2 Å². The number of fused-ring (bicyclic) bond motifs is 1. The summed E-state index contributed by atoms with van der Waals surface area (Å²) in [6, 6.07) is 3.85. The Morgan fingerprint density at radius 2 is 2.00 bits per heavy atom. The Balaban J connectivity index is 2.22. The van der Waals surface area contributed by atoms with Crippen molar-refractivity contribution >= 4 is 33.5 Å². The van der Waals surface area contributed by atoms with Crippen LogP contribution >= 0.6 is 15.9 Å². The smallest absolute Gasteiger partial charge is 0.308 e. The van der Waals surface area contributed by atoms with Gasteiger partial charge in [-0.15, -0.1) is 0 Å². The summed E-state index contributed by atoms with van der Waals surface area (Å²) in [4.78, 5) is 26.2. The van der Waals surface area contributed by atoms with Crippen LogP contribution in [0.4, 0.5) is 5.69 Å². The SMILES string of the molecule is COc1cc2c(cc1Br)CCCC(=O)N2CCC(=O)OC(C)(C)C. The molecule has 1 aromatic rings. The quantitative estimate of drug-likeness (QED) is 0.723. The molecule has 24 heavy (non-hydrogen) atoms. The summed E-state index contributed by atoms with van der Waals surface area (Å²) in [7, 11) is 1.59. The first-order valence-electron chi connectivity index (χ1n) is 8.10. The lowest BCUT2D eigenvalue weighted by Crippen LogP contribution is -2.34. The first-order chi connectivity index (χ1) is 11.2. The number of aryl methyl sites for hydroxylation is 1. The average Bonchev–Trinajstić information content (AvgIpc) is 2.61. The molecule has 6 heteroatoms. The molecule has 0 bridgehead atoms. The first-order valence-corrected chi connectivity index (χ1v) is 8.89. The van der Waals surface area contributed by atoms with Crippen LogP contribution in [0, 0.1) is 0 Å². The molecule has 0 fully saturated rings. The molecule has 132 valence electrons. The molecule has 1 heterocycles. The van der Waals surface area contributed by atoms with Gasteiger partial charge in [0.1, 0.15) is 11.4 Å². The van der Waals surface area contributed by atoms with Gasteiger partial charge in [0.05, 0.1) is 23.7 Å². The highest BCUT2D eigenvalue weighted by molar-refractivity contribution is 9.10. The van der Waals surface area contributed by atoms with Crippen LogP contribution in [-0.4, -0.2) is 31.1 Å². The molecule has 0 atom stereocenters. The number of esters is 1. The highest BCUT2D eigenvalue weighted by Crippen LogP contribution is 2.36. The van der Waals surface area contributed by atoms with Gasteiger partial charge in [-0.25, -0.2) is 0 Å². The van der Waals surface area contributed by atoms with E-state index in [-0.39, 0.29) is 18.3 Å². The van der Waals surface area contributed by atoms with Crippen LogP contribution in [0.15, 0.2) is 16.6 Å². The molecule has 0 radical (unpaired) electrons. The van der Waals surface area contributed by atoms with E-state index in [1.54, 1.807) is 12.0 Å². The third kappa shape index (κ3) is 4.72. The number of ether oxygens (including phenoxy) is 2. The summed E-state index contributed by atoms with van der Waals surface area (Å²) in [6.45, 7) is 5.81. The summed E-state index contributed by atoms with van der Waals surface area (Å²) in [5, 5.41) is 0. The highest BCUT2D eigenvalue weighted by Gasteiger charge is 2.25. The van der Waals surface area contributed by atoms with Crippen molar-refractivity contribution in [2.75, 3.05) is 18.6 Å². The minimum atomic E-state index is -0.522. The fourth-order valence-corrected chi connectivity index (χ4v) is 3.28. The molecular weight excluding hydrogens is 374 g/mol. The lowest BCUT2D eigenvalue weighted by atomic mass is 10.1. The molecule has 0 saturated carbocycles. The topological polar surface area (TPSA) is 55.8 Å². The number of nitrogens with zero attached hydrogens (tertiary/aromatic N) is 1. The van der Waals surface area contributed by atoms with Crippen molar-refractivity contribution in [1.82, 2.24) is 0 Å². The van der Waals surface area contributed by atoms with Gasteiger partial charge < -0.3 is 14.4 Å². The summed E-state index contributed by atoms with van der Waals surface area (Å²) in [5.41, 5.74) is 1.38. The lowest BCUT2D eigenvalue weighted by molar-refractivity contribution is -0.154. The molecule has 0 saturated heterocycles. The average molecular weight is 398 g/mol. The Morgan fingerprint density at radius 1 is 1.29 bits per heavy atom. The fraction of sp³-hybridized carbons (Fsp3) is 0.556. The van der Waals surface area contributed by atoms with Gasteiger partial charge >= 0.3 is 5.97 Å². The number of anilines is 1. The van der Waals surface area contributed by atoms with Crippen LogP contribution in [0.3, 0.4) is 0 Å². The van der Waals surface area contributed by atoms with Crippen molar-refractivity contribution < 1.29 is 19.1 Å². The van der Waals surface area contributed by atoms with Crippen molar-refractivity contribution in [3.8, 4) is 5.75 Å². The van der Waals surface area contributed by atoms with Gasteiger partial charge in [0, 0.05) is 19.0 Å². The number of methoxy groups -OCH3 is 1. The molecule has 1 amide bonds. The lowest BCUT2D eigenvalue weighted by Gasteiger charge is -2.25. The van der Waals surface area contributed by atoms with Gasteiger partial charge in [0.2, 0.25) is 5.91 Å². The van der Waals surface area contributed by atoms with E-state index in [9.17, 15) is 9.59 Å². The molecule has 2 rings (SSSR count). The van der Waals surface area contributed by atoms with Crippen LogP contribution < -0.4 is 9.64 Å². The first kappa shape index (κ1) is 18.8. The minimum absolute atomic E-state index is 0.0293. The zero-order chi connectivity index (χ0) is 17.9. The van der Waals surface area contributed by atoms with E-state index in [2.05, 4.69) is 15.9 Å². The maximum atomic E-state index is 12.5. The fourth-order valence-electron chi connectivity index (χ4n) is 2.73. The van der Waals surface area contributed by atoms with Gasteiger partial charge in [0.25, 0.3) is 0 Å². The van der Waals surface area contributed by atoms with Crippen LogP contribution in [0.1, 0.15) is 45.6 Å². The number of amides is 1. The predicted molar refractivity (Wildman–Crippen MR) is 96.4 cm³/mol. The summed E-state index contributed by atoms with van der Waals surface area (Å²) in [6.07, 6.45) is 2.27.